The molecule has 1 aromatic rings. The molecule has 0 aromatic carbocycles. The van der Waals surface area contributed by atoms with Crippen molar-refractivity contribution < 1.29 is 13.9 Å². The lowest BCUT2D eigenvalue weighted by Crippen LogP contribution is -2.44. The fourth-order valence-corrected chi connectivity index (χ4v) is 3.35. The smallest absolute Gasteiger partial charge is 0.245 e. The molecular weight excluding hydrogens is 266 g/mol. The van der Waals surface area contributed by atoms with Gasteiger partial charge in [0.1, 0.15) is 24.0 Å². The van der Waals surface area contributed by atoms with Crippen molar-refractivity contribution in [2.24, 2.45) is 0 Å². The molecule has 2 aliphatic rings. The molecule has 3 heterocycles. The lowest BCUT2D eigenvalue weighted by Gasteiger charge is -2.24. The van der Waals surface area contributed by atoms with E-state index in [1.165, 1.54) is 6.39 Å². The summed E-state index contributed by atoms with van der Waals surface area (Å²) in [5.41, 5.74) is 0.763. The number of rotatable bonds is 3. The molecule has 102 valence electrons. The second-order valence-corrected chi connectivity index (χ2v) is 5.37. The molecule has 7 heteroatoms. The number of hydrogen-bond donors (Lipinski definition) is 1. The van der Waals surface area contributed by atoms with Crippen LogP contribution in [0.25, 0.3) is 0 Å². The fourth-order valence-electron chi connectivity index (χ4n) is 2.32. The van der Waals surface area contributed by atoms with Crippen LogP contribution in [0.2, 0.25) is 0 Å². The predicted molar refractivity (Wildman–Crippen MR) is 70.0 cm³/mol. The Labute approximate surface area is 115 Å². The third-order valence-corrected chi connectivity index (χ3v) is 4.29. The van der Waals surface area contributed by atoms with Crippen LogP contribution < -0.4 is 5.32 Å². The van der Waals surface area contributed by atoms with Crippen LogP contribution in [0.5, 0.6) is 0 Å². The van der Waals surface area contributed by atoms with Gasteiger partial charge in [-0.05, 0) is 7.05 Å². The van der Waals surface area contributed by atoms with Crippen molar-refractivity contribution in [3.05, 3.63) is 29.0 Å². The lowest BCUT2D eigenvalue weighted by atomic mass is 10.2. The average Bonchev–Trinajstić information content (AvgIpc) is 3.04. The van der Waals surface area contributed by atoms with Gasteiger partial charge in [-0.2, -0.15) is 0 Å². The van der Waals surface area contributed by atoms with Crippen molar-refractivity contribution in [1.29, 1.82) is 0 Å². The molecule has 1 amide bonds. The van der Waals surface area contributed by atoms with Gasteiger partial charge in [0.2, 0.25) is 5.91 Å². The maximum atomic E-state index is 12.5. The third kappa shape index (κ3) is 2.35. The number of nitrogens with one attached hydrogen (secondary N) is 1. The summed E-state index contributed by atoms with van der Waals surface area (Å²) in [6.45, 7) is 1.11. The number of carbonyl (C=O) groups excluding carboxylic acids is 1. The molecule has 3 rings (SSSR count). The Hall–Kier alpha value is -1.47. The van der Waals surface area contributed by atoms with Crippen molar-refractivity contribution in [3.8, 4) is 0 Å². The Balaban J connectivity index is 1.80. The van der Waals surface area contributed by atoms with Gasteiger partial charge in [-0.15, -0.1) is 0 Å². The summed E-state index contributed by atoms with van der Waals surface area (Å²) in [6.07, 6.45) is 3.70. The highest BCUT2D eigenvalue weighted by Gasteiger charge is 2.35. The zero-order chi connectivity index (χ0) is 13.2. The molecule has 0 fully saturated rings. The van der Waals surface area contributed by atoms with Crippen molar-refractivity contribution in [3.63, 3.8) is 0 Å². The topological polar surface area (TPSA) is 67.6 Å². The molecule has 0 radical (unpaired) electrons. The predicted octanol–water partition coefficient (Wildman–Crippen LogP) is 0.927. The van der Waals surface area contributed by atoms with Gasteiger partial charge in [0, 0.05) is 13.0 Å². The standard InChI is InChI=1S/C12H15N3O3S/c1-13-10-11-9(18-7-19-11)2-3-15(12(10)16)4-8-5-17-6-14-8/h5-6,10,13H,2-4,7H2,1H3. The van der Waals surface area contributed by atoms with E-state index in [9.17, 15) is 4.79 Å². The molecule has 0 saturated heterocycles. The average molecular weight is 281 g/mol. The van der Waals surface area contributed by atoms with Gasteiger partial charge in [0.25, 0.3) is 0 Å². The van der Waals surface area contributed by atoms with Gasteiger partial charge < -0.3 is 19.4 Å². The van der Waals surface area contributed by atoms with Crippen LogP contribution in [0.4, 0.5) is 0 Å². The van der Waals surface area contributed by atoms with Crippen molar-refractivity contribution in [2.75, 3.05) is 19.5 Å². The SMILES string of the molecule is CNC1C(=O)N(Cc2cocn2)CCC2=C1SCO2. The van der Waals surface area contributed by atoms with E-state index in [0.29, 0.717) is 19.0 Å². The molecule has 6 nitrogen and oxygen atoms in total. The van der Waals surface area contributed by atoms with E-state index in [4.69, 9.17) is 9.15 Å². The van der Waals surface area contributed by atoms with Crippen LogP contribution in [0.15, 0.2) is 27.7 Å². The van der Waals surface area contributed by atoms with Crippen molar-refractivity contribution in [1.82, 2.24) is 15.2 Å². The number of hydrogen-bond acceptors (Lipinski definition) is 6. The van der Waals surface area contributed by atoms with Gasteiger partial charge in [-0.1, -0.05) is 11.8 Å². The molecule has 1 aromatic heterocycles. The Kier molecular flexibility index (Phi) is 3.48. The first-order chi connectivity index (χ1) is 9.29. The number of likely N-dealkylation sites (N-methyl/N-ethyl adjacent to an activating group) is 1. The molecule has 0 saturated carbocycles. The molecule has 1 atom stereocenters. The second kappa shape index (κ2) is 5.26. The minimum absolute atomic E-state index is 0.0634. The number of carbonyl (C=O) groups is 1. The Morgan fingerprint density at radius 3 is 3.26 bits per heavy atom. The molecular formula is C12H15N3O3S. The van der Waals surface area contributed by atoms with Crippen LogP contribution in [-0.2, 0) is 16.1 Å². The summed E-state index contributed by atoms with van der Waals surface area (Å²) in [4.78, 5) is 19.4. The number of thioether (sulfide) groups is 1. The Morgan fingerprint density at radius 2 is 2.53 bits per heavy atom. The molecule has 19 heavy (non-hydrogen) atoms. The van der Waals surface area contributed by atoms with Gasteiger partial charge >= 0.3 is 0 Å². The monoisotopic (exact) mass is 281 g/mol. The first-order valence-corrected chi connectivity index (χ1v) is 7.10. The molecule has 0 spiro atoms. The number of ether oxygens (including phenoxy) is 1. The third-order valence-electron chi connectivity index (χ3n) is 3.28. The first kappa shape index (κ1) is 12.6. The van der Waals surface area contributed by atoms with Gasteiger partial charge in [-0.3, -0.25) is 4.79 Å². The first-order valence-electron chi connectivity index (χ1n) is 6.11. The quantitative estimate of drug-likeness (QED) is 0.889. The van der Waals surface area contributed by atoms with E-state index >= 15 is 0 Å². The van der Waals surface area contributed by atoms with Crippen LogP contribution in [-0.4, -0.2) is 41.4 Å². The van der Waals surface area contributed by atoms with E-state index < -0.39 is 0 Å². The zero-order valence-electron chi connectivity index (χ0n) is 10.6. The lowest BCUT2D eigenvalue weighted by molar-refractivity contribution is -0.132. The minimum atomic E-state index is -0.308. The highest BCUT2D eigenvalue weighted by molar-refractivity contribution is 8.03. The second-order valence-electron chi connectivity index (χ2n) is 4.41. The molecule has 1 unspecified atom stereocenters. The van der Waals surface area contributed by atoms with E-state index in [2.05, 4.69) is 10.3 Å². The molecule has 0 aliphatic carbocycles. The maximum Gasteiger partial charge on any atom is 0.245 e. The van der Waals surface area contributed by atoms with Crippen molar-refractivity contribution in [2.45, 2.75) is 19.0 Å². The molecule has 2 aliphatic heterocycles. The normalized spacial score (nSPS) is 23.3. The number of oxazole rings is 1. The summed E-state index contributed by atoms with van der Waals surface area (Å²) in [5, 5.41) is 3.08. The van der Waals surface area contributed by atoms with E-state index in [1.807, 2.05) is 0 Å². The summed E-state index contributed by atoms with van der Waals surface area (Å²) in [6, 6.07) is -0.308. The number of aromatic nitrogens is 1. The minimum Gasteiger partial charge on any atom is -0.486 e. The number of nitrogens with zero attached hydrogens (tertiary/aromatic N) is 2. The summed E-state index contributed by atoms with van der Waals surface area (Å²) in [7, 11) is 1.80. The van der Waals surface area contributed by atoms with Crippen LogP contribution in [0.1, 0.15) is 12.1 Å². The highest BCUT2D eigenvalue weighted by Crippen LogP contribution is 2.36. The zero-order valence-corrected chi connectivity index (χ0v) is 11.4. The van der Waals surface area contributed by atoms with Crippen molar-refractivity contribution >= 4 is 17.7 Å². The summed E-state index contributed by atoms with van der Waals surface area (Å²) in [5.74, 6) is 1.62. The Bertz CT molecular complexity index is 500. The van der Waals surface area contributed by atoms with E-state index in [-0.39, 0.29) is 11.9 Å². The van der Waals surface area contributed by atoms with Gasteiger partial charge in [-0.25, -0.2) is 4.98 Å². The fraction of sp³-hybridized carbons (Fsp3) is 0.500. The van der Waals surface area contributed by atoms with Crippen LogP contribution in [0, 0.1) is 0 Å². The molecule has 1 N–H and O–H groups in total. The van der Waals surface area contributed by atoms with Crippen LogP contribution in [0.3, 0.4) is 0 Å². The maximum absolute atomic E-state index is 12.5. The molecule has 0 bridgehead atoms. The van der Waals surface area contributed by atoms with E-state index in [1.54, 1.807) is 30.0 Å². The highest BCUT2D eigenvalue weighted by atomic mass is 32.2. The number of amides is 1. The largest absolute Gasteiger partial charge is 0.486 e. The summed E-state index contributed by atoms with van der Waals surface area (Å²) < 4.78 is 10.5. The Morgan fingerprint density at radius 1 is 1.63 bits per heavy atom. The van der Waals surface area contributed by atoms with Crippen LogP contribution >= 0.6 is 11.8 Å². The van der Waals surface area contributed by atoms with E-state index in [0.717, 1.165) is 22.8 Å². The summed E-state index contributed by atoms with van der Waals surface area (Å²) >= 11 is 1.60. The van der Waals surface area contributed by atoms with Gasteiger partial charge in [0.15, 0.2) is 6.39 Å². The van der Waals surface area contributed by atoms with Gasteiger partial charge in [0.05, 0.1) is 17.1 Å².